The highest BCUT2D eigenvalue weighted by atomic mass is 19.1. The van der Waals surface area contributed by atoms with Crippen LogP contribution >= 0.6 is 0 Å². The van der Waals surface area contributed by atoms with Crippen molar-refractivity contribution >= 4 is 5.69 Å². The Morgan fingerprint density at radius 2 is 2.00 bits per heavy atom. The van der Waals surface area contributed by atoms with Gasteiger partial charge in [0.1, 0.15) is 5.69 Å². The number of hydrogen-bond donors (Lipinski definition) is 1. The average Bonchev–Trinajstić information content (AvgIpc) is 2.38. The number of piperidine rings is 1. The standard InChI is InChI=1S/C13H15F2N3/c14-11-5-9(7-16)6-12(15)13(11)18-4-2-1-3-10(18)8-17/h5-6,10H,1-4,8,17H2. The van der Waals surface area contributed by atoms with Gasteiger partial charge in [0, 0.05) is 19.1 Å². The van der Waals surface area contributed by atoms with Crippen LogP contribution in [0.15, 0.2) is 12.1 Å². The molecule has 1 aromatic carbocycles. The number of nitrogens with zero attached hydrogens (tertiary/aromatic N) is 2. The molecular weight excluding hydrogens is 236 g/mol. The Labute approximate surface area is 105 Å². The van der Waals surface area contributed by atoms with E-state index in [1.54, 1.807) is 11.0 Å². The molecule has 1 heterocycles. The summed E-state index contributed by atoms with van der Waals surface area (Å²) < 4.78 is 27.8. The molecule has 1 fully saturated rings. The molecule has 18 heavy (non-hydrogen) atoms. The molecule has 0 radical (unpaired) electrons. The zero-order chi connectivity index (χ0) is 13.1. The van der Waals surface area contributed by atoms with Gasteiger partial charge in [-0.25, -0.2) is 8.78 Å². The third-order valence-corrected chi connectivity index (χ3v) is 3.33. The minimum Gasteiger partial charge on any atom is -0.363 e. The first-order valence-corrected chi connectivity index (χ1v) is 6.03. The van der Waals surface area contributed by atoms with Gasteiger partial charge in [0.25, 0.3) is 0 Å². The van der Waals surface area contributed by atoms with Crippen LogP contribution in [0.1, 0.15) is 24.8 Å². The lowest BCUT2D eigenvalue weighted by Gasteiger charge is -2.37. The molecule has 0 amide bonds. The summed E-state index contributed by atoms with van der Waals surface area (Å²) in [5.41, 5.74) is 5.59. The van der Waals surface area contributed by atoms with Crippen LogP contribution in [-0.2, 0) is 0 Å². The van der Waals surface area contributed by atoms with Gasteiger partial charge >= 0.3 is 0 Å². The van der Waals surface area contributed by atoms with E-state index in [4.69, 9.17) is 11.0 Å². The van der Waals surface area contributed by atoms with Crippen molar-refractivity contribution in [1.82, 2.24) is 0 Å². The van der Waals surface area contributed by atoms with E-state index >= 15 is 0 Å². The van der Waals surface area contributed by atoms with E-state index in [-0.39, 0.29) is 17.3 Å². The van der Waals surface area contributed by atoms with Crippen LogP contribution in [0.2, 0.25) is 0 Å². The molecule has 0 aliphatic carbocycles. The van der Waals surface area contributed by atoms with E-state index in [1.807, 2.05) is 0 Å². The highest BCUT2D eigenvalue weighted by Crippen LogP contribution is 2.30. The van der Waals surface area contributed by atoms with Gasteiger partial charge in [-0.05, 0) is 31.4 Å². The molecule has 0 bridgehead atoms. The minimum atomic E-state index is -0.688. The van der Waals surface area contributed by atoms with Crippen LogP contribution < -0.4 is 10.6 Å². The van der Waals surface area contributed by atoms with Crippen LogP contribution in [0, 0.1) is 23.0 Å². The number of nitrogens with two attached hydrogens (primary N) is 1. The molecule has 2 N–H and O–H groups in total. The monoisotopic (exact) mass is 251 g/mol. The third kappa shape index (κ3) is 2.29. The number of benzene rings is 1. The van der Waals surface area contributed by atoms with Gasteiger partial charge in [0.05, 0.1) is 11.6 Å². The zero-order valence-corrected chi connectivity index (χ0v) is 10.00. The summed E-state index contributed by atoms with van der Waals surface area (Å²) in [4.78, 5) is 1.69. The average molecular weight is 251 g/mol. The second-order valence-electron chi connectivity index (χ2n) is 4.48. The van der Waals surface area contributed by atoms with Crippen molar-refractivity contribution in [2.24, 2.45) is 5.73 Å². The highest BCUT2D eigenvalue weighted by molar-refractivity contribution is 5.53. The predicted molar refractivity (Wildman–Crippen MR) is 65.1 cm³/mol. The molecular formula is C13H15F2N3. The first kappa shape index (κ1) is 12.8. The van der Waals surface area contributed by atoms with E-state index in [0.717, 1.165) is 31.4 Å². The highest BCUT2D eigenvalue weighted by Gasteiger charge is 2.26. The van der Waals surface area contributed by atoms with Crippen molar-refractivity contribution in [1.29, 1.82) is 5.26 Å². The number of anilines is 1. The Hall–Kier alpha value is -1.67. The molecule has 0 spiro atoms. The second-order valence-corrected chi connectivity index (χ2v) is 4.48. The first-order chi connectivity index (χ1) is 8.67. The first-order valence-electron chi connectivity index (χ1n) is 6.03. The lowest BCUT2D eigenvalue weighted by molar-refractivity contribution is 0.448. The maximum Gasteiger partial charge on any atom is 0.150 e. The van der Waals surface area contributed by atoms with Gasteiger partial charge < -0.3 is 10.6 Å². The topological polar surface area (TPSA) is 53.0 Å². The fourth-order valence-corrected chi connectivity index (χ4v) is 2.44. The van der Waals surface area contributed by atoms with Gasteiger partial charge in [-0.1, -0.05) is 0 Å². The molecule has 1 atom stereocenters. The number of hydrogen-bond acceptors (Lipinski definition) is 3. The fraction of sp³-hybridized carbons (Fsp3) is 0.462. The molecule has 1 unspecified atom stereocenters. The molecule has 1 saturated heterocycles. The van der Waals surface area contributed by atoms with Gasteiger partial charge in [-0.3, -0.25) is 0 Å². The summed E-state index contributed by atoms with van der Waals surface area (Å²) in [5, 5.41) is 8.67. The van der Waals surface area contributed by atoms with Gasteiger partial charge in [0.15, 0.2) is 11.6 Å². The van der Waals surface area contributed by atoms with Crippen LogP contribution in [0.4, 0.5) is 14.5 Å². The Balaban J connectivity index is 2.40. The van der Waals surface area contributed by atoms with Crippen molar-refractivity contribution < 1.29 is 8.78 Å². The maximum absolute atomic E-state index is 13.9. The lowest BCUT2D eigenvalue weighted by Crippen LogP contribution is -2.45. The summed E-state index contributed by atoms with van der Waals surface area (Å²) >= 11 is 0. The van der Waals surface area contributed by atoms with Crippen molar-refractivity contribution in [3.63, 3.8) is 0 Å². The van der Waals surface area contributed by atoms with Crippen molar-refractivity contribution in [3.8, 4) is 6.07 Å². The van der Waals surface area contributed by atoms with Crippen molar-refractivity contribution in [2.75, 3.05) is 18.0 Å². The van der Waals surface area contributed by atoms with Crippen LogP contribution in [-0.4, -0.2) is 19.1 Å². The quantitative estimate of drug-likeness (QED) is 0.876. The summed E-state index contributed by atoms with van der Waals surface area (Å²) in [6.45, 7) is 0.973. The van der Waals surface area contributed by atoms with E-state index in [1.165, 1.54) is 0 Å². The molecule has 0 saturated carbocycles. The summed E-state index contributed by atoms with van der Waals surface area (Å²) in [6, 6.07) is 3.85. The van der Waals surface area contributed by atoms with Crippen molar-refractivity contribution in [3.05, 3.63) is 29.3 Å². The van der Waals surface area contributed by atoms with E-state index in [2.05, 4.69) is 0 Å². The van der Waals surface area contributed by atoms with E-state index < -0.39 is 11.6 Å². The second kappa shape index (κ2) is 5.32. The molecule has 3 nitrogen and oxygen atoms in total. The summed E-state index contributed by atoms with van der Waals surface area (Å²) in [7, 11) is 0. The fourth-order valence-electron chi connectivity index (χ4n) is 2.44. The number of nitriles is 1. The number of halogens is 2. The van der Waals surface area contributed by atoms with Gasteiger partial charge in [-0.15, -0.1) is 0 Å². The molecule has 1 aromatic rings. The van der Waals surface area contributed by atoms with Crippen LogP contribution in [0.5, 0.6) is 0 Å². The van der Waals surface area contributed by atoms with Gasteiger partial charge in [0.2, 0.25) is 0 Å². The number of rotatable bonds is 2. The Kier molecular flexibility index (Phi) is 3.78. The maximum atomic E-state index is 13.9. The zero-order valence-electron chi connectivity index (χ0n) is 10.00. The SMILES string of the molecule is N#Cc1cc(F)c(N2CCCCC2CN)c(F)c1. The predicted octanol–water partition coefficient (Wildman–Crippen LogP) is 2.15. The molecule has 1 aliphatic rings. The lowest BCUT2D eigenvalue weighted by atomic mass is 10.0. The Morgan fingerprint density at radius 1 is 1.33 bits per heavy atom. The minimum absolute atomic E-state index is 0.00458. The normalized spacial score (nSPS) is 19.7. The Morgan fingerprint density at radius 3 is 2.56 bits per heavy atom. The third-order valence-electron chi connectivity index (χ3n) is 3.33. The van der Waals surface area contributed by atoms with Crippen LogP contribution in [0.3, 0.4) is 0 Å². The Bertz CT molecular complexity index is 459. The summed E-state index contributed by atoms with van der Waals surface area (Å²) in [6.07, 6.45) is 2.77. The van der Waals surface area contributed by atoms with Gasteiger partial charge in [-0.2, -0.15) is 5.26 Å². The van der Waals surface area contributed by atoms with E-state index in [9.17, 15) is 8.78 Å². The molecule has 0 aromatic heterocycles. The molecule has 5 heteroatoms. The summed E-state index contributed by atoms with van der Waals surface area (Å²) in [5.74, 6) is -1.38. The molecule has 96 valence electrons. The molecule has 1 aliphatic heterocycles. The molecule has 2 rings (SSSR count). The van der Waals surface area contributed by atoms with Crippen molar-refractivity contribution in [2.45, 2.75) is 25.3 Å². The van der Waals surface area contributed by atoms with E-state index in [0.29, 0.717) is 13.1 Å². The largest absolute Gasteiger partial charge is 0.363 e. The van der Waals surface area contributed by atoms with Crippen LogP contribution in [0.25, 0.3) is 0 Å². The smallest absolute Gasteiger partial charge is 0.150 e.